The number of hydrogen-bond donors (Lipinski definition) is 0. The molecular formula is C10H15NO4. The molecule has 0 aromatic carbocycles. The van der Waals surface area contributed by atoms with Crippen molar-refractivity contribution in [1.29, 1.82) is 0 Å². The summed E-state index contributed by atoms with van der Waals surface area (Å²) in [5.74, 6) is -0.939. The highest BCUT2D eigenvalue weighted by Crippen LogP contribution is 2.01. The van der Waals surface area contributed by atoms with E-state index < -0.39 is 18.2 Å². The van der Waals surface area contributed by atoms with Gasteiger partial charge in [-0.05, 0) is 13.6 Å². The van der Waals surface area contributed by atoms with E-state index >= 15 is 0 Å². The van der Waals surface area contributed by atoms with Crippen LogP contribution in [-0.2, 0) is 19.1 Å². The summed E-state index contributed by atoms with van der Waals surface area (Å²) < 4.78 is 9.65. The van der Waals surface area contributed by atoms with E-state index in [1.165, 1.54) is 20.1 Å². The molecule has 2 unspecified atom stereocenters. The van der Waals surface area contributed by atoms with Gasteiger partial charge in [0.05, 0.1) is 6.54 Å². The highest BCUT2D eigenvalue weighted by atomic mass is 16.6. The van der Waals surface area contributed by atoms with Gasteiger partial charge in [0, 0.05) is 7.11 Å². The Bertz CT molecular complexity index is 262. The van der Waals surface area contributed by atoms with Crippen LogP contribution in [0, 0.1) is 0 Å². The predicted molar refractivity (Wildman–Crippen MR) is 56.0 cm³/mol. The highest BCUT2D eigenvalue weighted by Gasteiger charge is 2.23. The zero-order valence-corrected chi connectivity index (χ0v) is 8.93. The molecule has 0 fully saturated rings. The third kappa shape index (κ3) is 4.51. The summed E-state index contributed by atoms with van der Waals surface area (Å²) in [6, 6.07) is 0. The topological polar surface area (TPSA) is 65.0 Å². The number of ether oxygens (including phenoxy) is 2. The third-order valence-corrected chi connectivity index (χ3v) is 1.71. The van der Waals surface area contributed by atoms with Crippen molar-refractivity contribution in [3.05, 3.63) is 12.7 Å². The van der Waals surface area contributed by atoms with Gasteiger partial charge in [0.25, 0.3) is 0 Å². The first kappa shape index (κ1) is 13.5. The Kier molecular flexibility index (Phi) is 6.21. The Morgan fingerprint density at radius 2 is 2.13 bits per heavy atom. The lowest BCUT2D eigenvalue weighted by molar-refractivity contribution is -0.161. The molecule has 0 spiro atoms. The lowest BCUT2D eigenvalue weighted by Crippen LogP contribution is -2.33. The summed E-state index contributed by atoms with van der Waals surface area (Å²) in [5, 5.41) is 0. The Morgan fingerprint density at radius 3 is 2.47 bits per heavy atom. The maximum atomic E-state index is 11.4. The fourth-order valence-electron chi connectivity index (χ4n) is 0.862. The van der Waals surface area contributed by atoms with Gasteiger partial charge in [-0.25, -0.2) is 4.79 Å². The number of esters is 1. The summed E-state index contributed by atoms with van der Waals surface area (Å²) in [7, 11) is 1.35. The van der Waals surface area contributed by atoms with Crippen LogP contribution in [0.1, 0.15) is 6.92 Å². The Morgan fingerprint density at radius 1 is 1.53 bits per heavy atom. The second kappa shape index (κ2) is 6.89. The Balaban J connectivity index is 4.39. The zero-order valence-electron chi connectivity index (χ0n) is 8.93. The maximum absolute atomic E-state index is 11.4. The molecule has 0 heterocycles. The average Bonchev–Trinajstić information content (AvgIpc) is 2.18. The first-order valence-electron chi connectivity index (χ1n) is 4.35. The van der Waals surface area contributed by atoms with Crippen LogP contribution in [0.5, 0.6) is 0 Å². The molecular weight excluding hydrogens is 198 g/mol. The Hall–Kier alpha value is -1.49. The van der Waals surface area contributed by atoms with Crippen LogP contribution in [0.25, 0.3) is 0 Å². The third-order valence-electron chi connectivity index (χ3n) is 1.71. The number of carbonyl (C=O) groups is 2. The van der Waals surface area contributed by atoms with Crippen molar-refractivity contribution in [1.82, 2.24) is 0 Å². The number of methoxy groups -OCH3 is 1. The fourth-order valence-corrected chi connectivity index (χ4v) is 0.862. The maximum Gasteiger partial charge on any atom is 0.340 e. The quantitative estimate of drug-likeness (QED) is 0.348. The van der Waals surface area contributed by atoms with Crippen LogP contribution in [-0.4, -0.2) is 44.3 Å². The van der Waals surface area contributed by atoms with Crippen LogP contribution in [0.2, 0.25) is 0 Å². The minimum Gasteiger partial charge on any atom is -0.450 e. The molecule has 0 aromatic heterocycles. The molecule has 5 heteroatoms. The minimum atomic E-state index is -0.896. The molecule has 0 aliphatic rings. The molecule has 0 saturated carbocycles. The molecule has 0 bridgehead atoms. The van der Waals surface area contributed by atoms with Gasteiger partial charge in [-0.3, -0.25) is 9.79 Å². The molecule has 0 rings (SSSR count). The summed E-state index contributed by atoms with van der Waals surface area (Å²) in [4.78, 5) is 25.9. The number of carbonyl (C=O) groups excluding carboxylic acids is 2. The highest BCUT2D eigenvalue weighted by molar-refractivity contribution is 5.85. The molecule has 84 valence electrons. The lowest BCUT2D eigenvalue weighted by atomic mass is 10.2. The smallest absolute Gasteiger partial charge is 0.340 e. The molecule has 0 N–H and O–H groups in total. The van der Waals surface area contributed by atoms with Crippen molar-refractivity contribution in [2.24, 2.45) is 4.99 Å². The van der Waals surface area contributed by atoms with Crippen LogP contribution in [0.3, 0.4) is 0 Å². The first-order chi connectivity index (χ1) is 7.06. The van der Waals surface area contributed by atoms with E-state index in [2.05, 4.69) is 18.3 Å². The summed E-state index contributed by atoms with van der Waals surface area (Å²) in [6.07, 6.45) is -0.467. The molecule has 0 aliphatic carbocycles. The van der Waals surface area contributed by atoms with Crippen LogP contribution in [0.4, 0.5) is 0 Å². The van der Waals surface area contributed by atoms with Crippen molar-refractivity contribution in [3.8, 4) is 0 Å². The standard InChI is InChI=1S/C10H15NO4/c1-5-8(14-4)10(13)15-9(6-11-3)7(2)12/h5,8-9H,1,3,6H2,2,4H3. The van der Waals surface area contributed by atoms with Crippen molar-refractivity contribution < 1.29 is 19.1 Å². The average molecular weight is 213 g/mol. The van der Waals surface area contributed by atoms with E-state index in [-0.39, 0.29) is 12.3 Å². The van der Waals surface area contributed by atoms with Gasteiger partial charge in [-0.2, -0.15) is 0 Å². The van der Waals surface area contributed by atoms with E-state index in [0.29, 0.717) is 0 Å². The molecule has 0 aliphatic heterocycles. The summed E-state index contributed by atoms with van der Waals surface area (Å²) >= 11 is 0. The Labute approximate surface area is 88.8 Å². The van der Waals surface area contributed by atoms with Crippen LogP contribution in [0.15, 0.2) is 17.6 Å². The molecule has 0 radical (unpaired) electrons. The lowest BCUT2D eigenvalue weighted by Gasteiger charge is -2.15. The number of aliphatic imine (C=N–C) groups is 1. The normalized spacial score (nSPS) is 13.7. The molecule has 15 heavy (non-hydrogen) atoms. The number of nitrogens with zero attached hydrogens (tertiary/aromatic N) is 1. The van der Waals surface area contributed by atoms with E-state index in [1.807, 2.05) is 0 Å². The minimum absolute atomic E-state index is 0.0502. The second-order valence-electron chi connectivity index (χ2n) is 2.83. The van der Waals surface area contributed by atoms with Crippen molar-refractivity contribution in [3.63, 3.8) is 0 Å². The number of Topliss-reactive ketones (excluding diaryl/α,β-unsaturated/α-hetero) is 1. The summed E-state index contributed by atoms with van der Waals surface area (Å²) in [6.45, 7) is 8.00. The molecule has 2 atom stereocenters. The van der Waals surface area contributed by atoms with Gasteiger partial charge < -0.3 is 9.47 Å². The monoisotopic (exact) mass is 213 g/mol. The van der Waals surface area contributed by atoms with Gasteiger partial charge in [0.1, 0.15) is 0 Å². The van der Waals surface area contributed by atoms with Gasteiger partial charge >= 0.3 is 5.97 Å². The fraction of sp³-hybridized carbons (Fsp3) is 0.500. The molecule has 0 saturated heterocycles. The zero-order chi connectivity index (χ0) is 11.8. The van der Waals surface area contributed by atoms with Crippen LogP contribution < -0.4 is 0 Å². The van der Waals surface area contributed by atoms with E-state index in [1.54, 1.807) is 0 Å². The van der Waals surface area contributed by atoms with Crippen molar-refractivity contribution in [2.75, 3.05) is 13.7 Å². The van der Waals surface area contributed by atoms with Gasteiger partial charge in [-0.15, -0.1) is 0 Å². The number of ketones is 1. The second-order valence-corrected chi connectivity index (χ2v) is 2.83. The van der Waals surface area contributed by atoms with Crippen molar-refractivity contribution in [2.45, 2.75) is 19.1 Å². The van der Waals surface area contributed by atoms with E-state index in [9.17, 15) is 9.59 Å². The number of hydrogen-bond acceptors (Lipinski definition) is 5. The van der Waals surface area contributed by atoms with Crippen LogP contribution >= 0.6 is 0 Å². The molecule has 0 amide bonds. The first-order valence-corrected chi connectivity index (χ1v) is 4.35. The largest absolute Gasteiger partial charge is 0.450 e. The van der Waals surface area contributed by atoms with Crippen molar-refractivity contribution >= 4 is 18.5 Å². The van der Waals surface area contributed by atoms with Gasteiger partial charge in [0.2, 0.25) is 0 Å². The predicted octanol–water partition coefficient (Wildman–Crippen LogP) is 0.389. The van der Waals surface area contributed by atoms with E-state index in [4.69, 9.17) is 9.47 Å². The number of rotatable bonds is 7. The SMILES string of the molecule is C=CC(OC)C(=O)OC(CN=C)C(C)=O. The summed E-state index contributed by atoms with van der Waals surface area (Å²) in [5.41, 5.74) is 0. The van der Waals surface area contributed by atoms with Gasteiger partial charge in [-0.1, -0.05) is 12.7 Å². The molecule has 5 nitrogen and oxygen atoms in total. The van der Waals surface area contributed by atoms with E-state index in [0.717, 1.165) is 0 Å². The van der Waals surface area contributed by atoms with Gasteiger partial charge in [0.15, 0.2) is 18.0 Å². The molecule has 0 aromatic rings.